The van der Waals surface area contributed by atoms with Gasteiger partial charge in [0.2, 0.25) is 0 Å². The van der Waals surface area contributed by atoms with Crippen LogP contribution in [0.1, 0.15) is 15.9 Å². The van der Waals surface area contributed by atoms with Crippen LogP contribution in [0.5, 0.6) is 5.75 Å². The van der Waals surface area contributed by atoms with Crippen LogP contribution in [0.4, 0.5) is 11.5 Å². The van der Waals surface area contributed by atoms with Crippen LogP contribution < -0.4 is 15.0 Å². The minimum absolute atomic E-state index is 0.195. The van der Waals surface area contributed by atoms with Gasteiger partial charge in [-0.15, -0.1) is 0 Å². The lowest BCUT2D eigenvalue weighted by atomic mass is 10.1. The molecule has 0 aliphatic carbocycles. The van der Waals surface area contributed by atoms with Crippen molar-refractivity contribution >= 4 is 28.3 Å². The summed E-state index contributed by atoms with van der Waals surface area (Å²) < 4.78 is 11.4. The van der Waals surface area contributed by atoms with Crippen molar-refractivity contribution < 1.29 is 14.3 Å². The predicted octanol–water partition coefficient (Wildman–Crippen LogP) is 3.56. The number of H-pyrrole nitrogens is 1. The molecule has 9 heteroatoms. The van der Waals surface area contributed by atoms with Gasteiger partial charge in [-0.25, -0.2) is 0 Å². The van der Waals surface area contributed by atoms with E-state index in [4.69, 9.17) is 9.47 Å². The molecule has 3 heterocycles. The fourth-order valence-electron chi connectivity index (χ4n) is 4.14. The van der Waals surface area contributed by atoms with E-state index >= 15 is 0 Å². The van der Waals surface area contributed by atoms with Gasteiger partial charge in [-0.1, -0.05) is 6.07 Å². The molecule has 1 fully saturated rings. The van der Waals surface area contributed by atoms with Crippen LogP contribution >= 0.6 is 0 Å². The van der Waals surface area contributed by atoms with Gasteiger partial charge in [0.05, 0.1) is 18.7 Å². The van der Waals surface area contributed by atoms with Crippen LogP contribution in [0.2, 0.25) is 0 Å². The molecule has 36 heavy (non-hydrogen) atoms. The van der Waals surface area contributed by atoms with Gasteiger partial charge in [0, 0.05) is 61.3 Å². The minimum atomic E-state index is -0.195. The Morgan fingerprint density at radius 2 is 1.89 bits per heavy atom. The number of ether oxygens (including phenoxy) is 2. The molecule has 0 spiro atoms. The molecule has 4 aromatic rings. The van der Waals surface area contributed by atoms with Gasteiger partial charge in [-0.2, -0.15) is 5.10 Å². The van der Waals surface area contributed by atoms with E-state index < -0.39 is 0 Å². The van der Waals surface area contributed by atoms with E-state index in [1.165, 1.54) is 0 Å². The summed E-state index contributed by atoms with van der Waals surface area (Å²) in [7, 11) is 2.14. The number of aromatic amines is 1. The smallest absolute Gasteiger partial charge is 0.256 e. The first-order chi connectivity index (χ1) is 17.7. The SMILES string of the molecule is CN1CCN(c2ccc(C(=O)Nc3n[nH]c4cc(OCCOCc5cccnc5)ccc34)cc2)CC1. The summed E-state index contributed by atoms with van der Waals surface area (Å²) in [6.07, 6.45) is 3.52. The van der Waals surface area contributed by atoms with Crippen molar-refractivity contribution in [2.24, 2.45) is 0 Å². The molecule has 9 nitrogen and oxygen atoms in total. The van der Waals surface area contributed by atoms with Gasteiger partial charge in [-0.05, 0) is 55.1 Å². The molecule has 2 aromatic carbocycles. The summed E-state index contributed by atoms with van der Waals surface area (Å²) in [4.78, 5) is 21.6. The van der Waals surface area contributed by atoms with E-state index in [-0.39, 0.29) is 5.91 Å². The maximum atomic E-state index is 12.8. The molecule has 1 saturated heterocycles. The molecule has 1 aliphatic heterocycles. The first-order valence-corrected chi connectivity index (χ1v) is 12.1. The topological polar surface area (TPSA) is 95.6 Å². The number of hydrogen-bond acceptors (Lipinski definition) is 7. The second kappa shape index (κ2) is 11.2. The van der Waals surface area contributed by atoms with E-state index in [1.807, 2.05) is 54.6 Å². The van der Waals surface area contributed by atoms with Crippen LogP contribution in [-0.2, 0) is 11.3 Å². The fraction of sp³-hybridized carbons (Fsp3) is 0.296. The summed E-state index contributed by atoms with van der Waals surface area (Å²) in [5.41, 5.74) is 3.54. The molecule has 0 atom stereocenters. The Labute approximate surface area is 210 Å². The number of carbonyl (C=O) groups is 1. The molecule has 1 amide bonds. The van der Waals surface area contributed by atoms with Gasteiger partial charge in [0.1, 0.15) is 12.4 Å². The van der Waals surface area contributed by atoms with Crippen molar-refractivity contribution in [3.8, 4) is 5.75 Å². The highest BCUT2D eigenvalue weighted by molar-refractivity contribution is 6.08. The average Bonchev–Trinajstić information content (AvgIpc) is 3.31. The number of anilines is 2. The quantitative estimate of drug-likeness (QED) is 0.349. The Kier molecular flexibility index (Phi) is 7.39. The zero-order valence-electron chi connectivity index (χ0n) is 20.3. The van der Waals surface area contributed by atoms with Gasteiger partial charge < -0.3 is 24.6 Å². The van der Waals surface area contributed by atoms with Gasteiger partial charge in [0.25, 0.3) is 5.91 Å². The van der Waals surface area contributed by atoms with Crippen LogP contribution in [0, 0.1) is 0 Å². The highest BCUT2D eigenvalue weighted by Gasteiger charge is 2.16. The summed E-state index contributed by atoms with van der Waals surface area (Å²) in [6, 6.07) is 17.2. The Hall–Kier alpha value is -3.95. The van der Waals surface area contributed by atoms with Crippen molar-refractivity contribution in [1.29, 1.82) is 0 Å². The molecular formula is C27H30N6O3. The lowest BCUT2D eigenvalue weighted by molar-refractivity contribution is 0.0888. The van der Waals surface area contributed by atoms with E-state index in [1.54, 1.807) is 12.4 Å². The molecule has 0 unspecified atom stereocenters. The zero-order chi connectivity index (χ0) is 24.7. The fourth-order valence-corrected chi connectivity index (χ4v) is 4.14. The lowest BCUT2D eigenvalue weighted by Gasteiger charge is -2.34. The molecule has 0 radical (unpaired) electrons. The summed E-state index contributed by atoms with van der Waals surface area (Å²) in [5.74, 6) is 0.998. The minimum Gasteiger partial charge on any atom is -0.491 e. The number of benzene rings is 2. The van der Waals surface area contributed by atoms with E-state index in [2.05, 4.69) is 37.3 Å². The maximum absolute atomic E-state index is 12.8. The number of amides is 1. The molecule has 1 aliphatic rings. The number of aromatic nitrogens is 3. The van der Waals surface area contributed by atoms with Crippen LogP contribution in [0.15, 0.2) is 67.0 Å². The highest BCUT2D eigenvalue weighted by Crippen LogP contribution is 2.25. The number of carbonyl (C=O) groups excluding carboxylic acids is 1. The lowest BCUT2D eigenvalue weighted by Crippen LogP contribution is -2.44. The van der Waals surface area contributed by atoms with Crippen LogP contribution in [0.3, 0.4) is 0 Å². The largest absolute Gasteiger partial charge is 0.491 e. The number of piperazine rings is 1. The Balaban J connectivity index is 1.13. The number of fused-ring (bicyclic) bond motifs is 1. The Morgan fingerprint density at radius 1 is 1.06 bits per heavy atom. The average molecular weight is 487 g/mol. The van der Waals surface area contributed by atoms with Crippen LogP contribution in [-0.4, -0.2) is 72.4 Å². The molecule has 2 N–H and O–H groups in total. The number of pyridine rings is 1. The van der Waals surface area contributed by atoms with Crippen molar-refractivity contribution in [2.45, 2.75) is 6.61 Å². The second-order valence-electron chi connectivity index (χ2n) is 8.83. The first-order valence-electron chi connectivity index (χ1n) is 12.1. The van der Waals surface area contributed by atoms with Crippen LogP contribution in [0.25, 0.3) is 10.9 Å². The third-order valence-electron chi connectivity index (χ3n) is 6.25. The number of nitrogens with zero attached hydrogens (tertiary/aromatic N) is 4. The van der Waals surface area contributed by atoms with Crippen molar-refractivity contribution in [1.82, 2.24) is 20.1 Å². The molecule has 2 aromatic heterocycles. The molecule has 5 rings (SSSR count). The summed E-state index contributed by atoms with van der Waals surface area (Å²) in [5, 5.41) is 11.0. The van der Waals surface area contributed by atoms with E-state index in [0.29, 0.717) is 37.0 Å². The third kappa shape index (κ3) is 5.81. The highest BCUT2D eigenvalue weighted by atomic mass is 16.5. The number of likely N-dealkylation sites (N-methyl/N-ethyl adjacent to an activating group) is 1. The van der Waals surface area contributed by atoms with Crippen molar-refractivity contribution in [2.75, 3.05) is 56.7 Å². The maximum Gasteiger partial charge on any atom is 0.256 e. The number of hydrogen-bond donors (Lipinski definition) is 2. The van der Waals surface area contributed by atoms with Gasteiger partial charge in [0.15, 0.2) is 5.82 Å². The monoisotopic (exact) mass is 486 g/mol. The molecular weight excluding hydrogens is 456 g/mol. The molecule has 0 bridgehead atoms. The predicted molar refractivity (Wildman–Crippen MR) is 140 cm³/mol. The molecule has 186 valence electrons. The second-order valence-corrected chi connectivity index (χ2v) is 8.83. The van der Waals surface area contributed by atoms with Crippen molar-refractivity contribution in [3.63, 3.8) is 0 Å². The number of rotatable bonds is 9. The Morgan fingerprint density at radius 3 is 2.67 bits per heavy atom. The standard InChI is InChI=1S/C27H30N6O3/c1-32-11-13-33(14-12-32)22-6-4-21(5-7-22)27(34)29-26-24-9-8-23(17-25(24)30-31-26)36-16-15-35-19-20-3-2-10-28-18-20/h2-10,17-18H,11-16,19H2,1H3,(H2,29,30,31,34). The molecule has 0 saturated carbocycles. The summed E-state index contributed by atoms with van der Waals surface area (Å²) in [6.45, 7) is 5.45. The first kappa shape index (κ1) is 23.8. The van der Waals surface area contributed by atoms with Gasteiger partial charge >= 0.3 is 0 Å². The van der Waals surface area contributed by atoms with E-state index in [0.717, 1.165) is 48.3 Å². The normalized spacial score (nSPS) is 14.2. The van der Waals surface area contributed by atoms with Gasteiger partial charge in [-0.3, -0.25) is 14.9 Å². The number of nitrogens with one attached hydrogen (secondary N) is 2. The van der Waals surface area contributed by atoms with E-state index in [9.17, 15) is 4.79 Å². The third-order valence-corrected chi connectivity index (χ3v) is 6.25. The van der Waals surface area contributed by atoms with Crippen molar-refractivity contribution in [3.05, 3.63) is 78.1 Å². The Bertz CT molecular complexity index is 1280. The zero-order valence-corrected chi connectivity index (χ0v) is 20.3. The summed E-state index contributed by atoms with van der Waals surface area (Å²) >= 11 is 0.